The van der Waals surface area contributed by atoms with E-state index in [1.807, 2.05) is 31.2 Å². The van der Waals surface area contributed by atoms with Gasteiger partial charge in [-0.1, -0.05) is 71.6 Å². The van der Waals surface area contributed by atoms with E-state index in [-0.39, 0.29) is 11.2 Å². The van der Waals surface area contributed by atoms with E-state index in [0.717, 1.165) is 26.4 Å². The molecule has 2 rings (SSSR count). The van der Waals surface area contributed by atoms with E-state index in [1.165, 1.54) is 23.1 Å². The maximum atomic E-state index is 12.2. The second-order valence-corrected chi connectivity index (χ2v) is 9.07. The molecule has 0 saturated heterocycles. The van der Waals surface area contributed by atoms with Crippen molar-refractivity contribution in [1.29, 1.82) is 0 Å². The highest BCUT2D eigenvalue weighted by atomic mass is 35.5. The van der Waals surface area contributed by atoms with Crippen molar-refractivity contribution in [3.05, 3.63) is 34.9 Å². The molecule has 0 bridgehead atoms. The predicted octanol–water partition coefficient (Wildman–Crippen LogP) is 4.49. The van der Waals surface area contributed by atoms with Crippen LogP contribution in [0.15, 0.2) is 32.9 Å². The first kappa shape index (κ1) is 18.6. The smallest absolute Gasteiger partial charge is 0.233 e. The second kappa shape index (κ2) is 9.52. The van der Waals surface area contributed by atoms with E-state index in [1.54, 1.807) is 11.8 Å². The van der Waals surface area contributed by atoms with Gasteiger partial charge in [0.25, 0.3) is 0 Å². The first-order valence-corrected chi connectivity index (χ1v) is 10.3. The van der Waals surface area contributed by atoms with Gasteiger partial charge in [0.15, 0.2) is 8.68 Å². The summed E-state index contributed by atoms with van der Waals surface area (Å²) in [5, 5.41) is 11.6. The highest BCUT2D eigenvalue weighted by molar-refractivity contribution is 8.03. The van der Waals surface area contributed by atoms with Gasteiger partial charge in [-0.05, 0) is 25.0 Å². The lowest BCUT2D eigenvalue weighted by Gasteiger charge is -2.11. The van der Waals surface area contributed by atoms with Gasteiger partial charge >= 0.3 is 0 Å². The van der Waals surface area contributed by atoms with E-state index in [9.17, 15) is 4.79 Å². The number of halogens is 1. The fourth-order valence-electron chi connectivity index (χ4n) is 1.67. The van der Waals surface area contributed by atoms with Gasteiger partial charge in [0.2, 0.25) is 5.91 Å². The number of carbonyl (C=O) groups is 1. The maximum Gasteiger partial charge on any atom is 0.233 e. The molecule has 4 nitrogen and oxygen atoms in total. The Morgan fingerprint density at radius 3 is 2.83 bits per heavy atom. The van der Waals surface area contributed by atoms with Crippen molar-refractivity contribution in [2.45, 2.75) is 40.7 Å². The fourth-order valence-corrected chi connectivity index (χ4v) is 4.98. The van der Waals surface area contributed by atoms with Crippen LogP contribution in [-0.4, -0.2) is 27.1 Å². The van der Waals surface area contributed by atoms with Crippen LogP contribution in [0, 0.1) is 0 Å². The number of nitrogens with zero attached hydrogens (tertiary/aromatic N) is 2. The predicted molar refractivity (Wildman–Crippen MR) is 99.5 cm³/mol. The van der Waals surface area contributed by atoms with Gasteiger partial charge in [0.05, 0.1) is 5.25 Å². The summed E-state index contributed by atoms with van der Waals surface area (Å²) in [6, 6.07) is 7.50. The number of amides is 1. The Hall–Kier alpha value is -0.760. The Bertz CT molecular complexity index is 650. The summed E-state index contributed by atoms with van der Waals surface area (Å²) in [6.07, 6.45) is 1.10. The SMILES string of the molecule is CCCSc1nnc(S[C@H](C)C(=O)NCc2ccccc2Cl)s1. The summed E-state index contributed by atoms with van der Waals surface area (Å²) in [4.78, 5) is 12.2. The van der Waals surface area contributed by atoms with Gasteiger partial charge in [0, 0.05) is 17.3 Å². The summed E-state index contributed by atoms with van der Waals surface area (Å²) in [5.41, 5.74) is 0.911. The number of hydrogen-bond acceptors (Lipinski definition) is 6. The fraction of sp³-hybridized carbons (Fsp3) is 0.400. The molecular weight excluding hydrogens is 370 g/mol. The standard InChI is InChI=1S/C15H18ClN3OS3/c1-3-8-21-14-18-19-15(23-14)22-10(2)13(20)17-9-11-6-4-5-7-12(11)16/h4-7,10H,3,8-9H2,1-2H3,(H,17,20)/t10-/m1/s1. The van der Waals surface area contributed by atoms with Crippen LogP contribution in [0.25, 0.3) is 0 Å². The van der Waals surface area contributed by atoms with Crippen LogP contribution in [0.1, 0.15) is 25.8 Å². The van der Waals surface area contributed by atoms with E-state index < -0.39 is 0 Å². The van der Waals surface area contributed by atoms with Crippen molar-refractivity contribution in [1.82, 2.24) is 15.5 Å². The molecule has 1 heterocycles. The van der Waals surface area contributed by atoms with Gasteiger partial charge in [0.1, 0.15) is 0 Å². The number of aromatic nitrogens is 2. The molecule has 1 N–H and O–H groups in total. The zero-order valence-electron chi connectivity index (χ0n) is 12.9. The normalized spacial score (nSPS) is 12.1. The second-order valence-electron chi connectivity index (χ2n) is 4.75. The van der Waals surface area contributed by atoms with Crippen LogP contribution in [-0.2, 0) is 11.3 Å². The third kappa shape index (κ3) is 5.99. The van der Waals surface area contributed by atoms with Crippen LogP contribution in [0.5, 0.6) is 0 Å². The minimum absolute atomic E-state index is 0.0344. The average molecular weight is 388 g/mol. The van der Waals surface area contributed by atoms with Crippen molar-refractivity contribution in [3.63, 3.8) is 0 Å². The average Bonchev–Trinajstić information content (AvgIpc) is 2.99. The quantitative estimate of drug-likeness (QED) is 0.676. The van der Waals surface area contributed by atoms with Crippen molar-refractivity contribution in [2.24, 2.45) is 0 Å². The van der Waals surface area contributed by atoms with Crippen molar-refractivity contribution in [3.8, 4) is 0 Å². The molecule has 124 valence electrons. The number of carbonyl (C=O) groups excluding carboxylic acids is 1. The number of nitrogens with one attached hydrogen (secondary N) is 1. The monoisotopic (exact) mass is 387 g/mol. The Balaban J connectivity index is 1.83. The Morgan fingerprint density at radius 2 is 2.09 bits per heavy atom. The lowest BCUT2D eigenvalue weighted by molar-refractivity contribution is -0.120. The molecule has 0 aliphatic rings. The van der Waals surface area contributed by atoms with Gasteiger partial charge < -0.3 is 5.32 Å². The summed E-state index contributed by atoms with van der Waals surface area (Å²) < 4.78 is 1.78. The zero-order chi connectivity index (χ0) is 16.7. The molecule has 1 atom stereocenters. The van der Waals surface area contributed by atoms with Crippen molar-refractivity contribution in [2.75, 3.05) is 5.75 Å². The Morgan fingerprint density at radius 1 is 1.35 bits per heavy atom. The van der Waals surface area contributed by atoms with Crippen molar-refractivity contribution >= 4 is 52.4 Å². The van der Waals surface area contributed by atoms with Gasteiger partial charge in [-0.2, -0.15) is 0 Å². The van der Waals surface area contributed by atoms with Gasteiger partial charge in [-0.15, -0.1) is 10.2 Å². The molecule has 1 aromatic carbocycles. The molecule has 0 spiro atoms. The van der Waals surface area contributed by atoms with E-state index in [4.69, 9.17) is 11.6 Å². The van der Waals surface area contributed by atoms with Crippen LogP contribution < -0.4 is 5.32 Å². The lowest BCUT2D eigenvalue weighted by atomic mass is 10.2. The van der Waals surface area contributed by atoms with E-state index in [2.05, 4.69) is 22.4 Å². The molecule has 0 saturated carbocycles. The van der Waals surface area contributed by atoms with Crippen LogP contribution in [0.4, 0.5) is 0 Å². The summed E-state index contributed by atoms with van der Waals surface area (Å²) in [6.45, 7) is 4.43. The van der Waals surface area contributed by atoms with E-state index in [0.29, 0.717) is 11.6 Å². The number of thioether (sulfide) groups is 2. The third-order valence-corrected chi connectivity index (χ3v) is 6.69. The third-order valence-electron chi connectivity index (χ3n) is 2.88. The number of rotatable bonds is 8. The molecule has 2 aromatic rings. The maximum absolute atomic E-state index is 12.2. The van der Waals surface area contributed by atoms with Crippen LogP contribution >= 0.6 is 46.5 Å². The van der Waals surface area contributed by atoms with Crippen LogP contribution in [0.3, 0.4) is 0 Å². The summed E-state index contributed by atoms with van der Waals surface area (Å²) in [7, 11) is 0. The molecule has 1 aromatic heterocycles. The van der Waals surface area contributed by atoms with E-state index >= 15 is 0 Å². The topological polar surface area (TPSA) is 54.9 Å². The molecule has 0 aliphatic heterocycles. The molecule has 8 heteroatoms. The highest BCUT2D eigenvalue weighted by Gasteiger charge is 2.17. The number of benzene rings is 1. The summed E-state index contributed by atoms with van der Waals surface area (Å²) >= 11 is 10.8. The first-order chi connectivity index (χ1) is 11.1. The molecule has 0 fully saturated rings. The minimum Gasteiger partial charge on any atom is -0.351 e. The van der Waals surface area contributed by atoms with Crippen molar-refractivity contribution < 1.29 is 4.79 Å². The van der Waals surface area contributed by atoms with Gasteiger partial charge in [-0.3, -0.25) is 4.79 Å². The Kier molecular flexibility index (Phi) is 7.69. The lowest BCUT2D eigenvalue weighted by Crippen LogP contribution is -2.30. The van der Waals surface area contributed by atoms with Crippen LogP contribution in [0.2, 0.25) is 5.02 Å². The molecule has 0 radical (unpaired) electrons. The van der Waals surface area contributed by atoms with Gasteiger partial charge in [-0.25, -0.2) is 0 Å². The minimum atomic E-state index is -0.227. The molecule has 1 amide bonds. The molecule has 0 unspecified atom stereocenters. The molecule has 0 aliphatic carbocycles. The zero-order valence-corrected chi connectivity index (χ0v) is 16.1. The number of hydrogen-bond donors (Lipinski definition) is 1. The largest absolute Gasteiger partial charge is 0.351 e. The molecular formula is C15H18ClN3OS3. The highest BCUT2D eigenvalue weighted by Crippen LogP contribution is 2.31. The Labute approximate surface area is 153 Å². The molecule has 23 heavy (non-hydrogen) atoms. The first-order valence-electron chi connectivity index (χ1n) is 7.24. The summed E-state index contributed by atoms with van der Waals surface area (Å²) in [5.74, 6) is 1.00.